The van der Waals surface area contributed by atoms with Gasteiger partial charge in [0.05, 0.1) is 16.9 Å². The van der Waals surface area contributed by atoms with Crippen molar-refractivity contribution in [1.82, 2.24) is 19.9 Å². The summed E-state index contributed by atoms with van der Waals surface area (Å²) in [5.41, 5.74) is 0.552. The molecule has 1 N–H and O–H groups in total. The summed E-state index contributed by atoms with van der Waals surface area (Å²) in [6.45, 7) is 0.631. The van der Waals surface area contributed by atoms with Crippen molar-refractivity contribution in [2.24, 2.45) is 0 Å². The van der Waals surface area contributed by atoms with Crippen molar-refractivity contribution in [2.45, 2.75) is 24.9 Å². The van der Waals surface area contributed by atoms with Gasteiger partial charge in [-0.25, -0.2) is 18.7 Å². The summed E-state index contributed by atoms with van der Waals surface area (Å²) in [7, 11) is 0. The Kier molecular flexibility index (Phi) is 5.50. The quantitative estimate of drug-likeness (QED) is 0.715. The number of piperidine rings is 1. The van der Waals surface area contributed by atoms with Crippen LogP contribution >= 0.6 is 0 Å². The van der Waals surface area contributed by atoms with E-state index in [4.69, 9.17) is 0 Å². The molecule has 3 aromatic rings. The van der Waals surface area contributed by atoms with Gasteiger partial charge < -0.3 is 10.0 Å². The van der Waals surface area contributed by atoms with Gasteiger partial charge in [0.2, 0.25) is 0 Å². The third kappa shape index (κ3) is 4.18. The highest BCUT2D eigenvalue weighted by molar-refractivity contribution is 5.99. The lowest BCUT2D eigenvalue weighted by molar-refractivity contribution is -0.0167. The number of carbonyl (C=O) groups excluding carboxylic acids is 1. The molecule has 0 radical (unpaired) electrons. The maximum absolute atomic E-state index is 14.0. The fourth-order valence-electron chi connectivity index (χ4n) is 3.71. The van der Waals surface area contributed by atoms with Gasteiger partial charge in [-0.05, 0) is 42.7 Å². The first-order valence-electron chi connectivity index (χ1n) is 9.62. The minimum Gasteiger partial charge on any atom is -0.389 e. The molecule has 0 saturated carbocycles. The number of nitrogens with zero attached hydrogens (tertiary/aromatic N) is 4. The van der Waals surface area contributed by atoms with Gasteiger partial charge in [-0.1, -0.05) is 6.07 Å². The predicted octanol–water partition coefficient (Wildman–Crippen LogP) is 3.03. The number of hydrogen-bond acceptors (Lipinski definition) is 5. The van der Waals surface area contributed by atoms with Crippen LogP contribution in [0.1, 0.15) is 28.8 Å². The Morgan fingerprint density at radius 3 is 2.60 bits per heavy atom. The Balaban J connectivity index is 1.48. The van der Waals surface area contributed by atoms with Crippen LogP contribution < -0.4 is 0 Å². The zero-order valence-corrected chi connectivity index (χ0v) is 16.1. The van der Waals surface area contributed by atoms with Crippen molar-refractivity contribution in [3.63, 3.8) is 0 Å². The van der Waals surface area contributed by atoms with Gasteiger partial charge in [0.25, 0.3) is 5.91 Å². The average molecular weight is 410 g/mol. The van der Waals surface area contributed by atoms with Gasteiger partial charge in [-0.15, -0.1) is 0 Å². The molecule has 1 fully saturated rings. The van der Waals surface area contributed by atoms with E-state index in [1.54, 1.807) is 35.5 Å². The fourth-order valence-corrected chi connectivity index (χ4v) is 3.71. The van der Waals surface area contributed by atoms with Crippen molar-refractivity contribution < 1.29 is 18.7 Å². The van der Waals surface area contributed by atoms with Gasteiger partial charge in [0.15, 0.2) is 0 Å². The lowest BCUT2D eigenvalue weighted by atomic mass is 9.85. The fraction of sp³-hybridized carbons (Fsp3) is 0.273. The van der Waals surface area contributed by atoms with Gasteiger partial charge in [-0.2, -0.15) is 0 Å². The van der Waals surface area contributed by atoms with E-state index in [0.29, 0.717) is 42.9 Å². The summed E-state index contributed by atoms with van der Waals surface area (Å²) in [6.07, 6.45) is 5.23. The molecule has 2 aromatic heterocycles. The van der Waals surface area contributed by atoms with Crippen molar-refractivity contribution >= 4 is 5.91 Å². The summed E-state index contributed by atoms with van der Waals surface area (Å²) in [5, 5.41) is 10.9. The van der Waals surface area contributed by atoms with Crippen LogP contribution in [-0.2, 0) is 6.42 Å². The first-order chi connectivity index (χ1) is 14.5. The van der Waals surface area contributed by atoms with E-state index >= 15 is 0 Å². The monoisotopic (exact) mass is 410 g/mol. The Bertz CT molecular complexity index is 1050. The lowest BCUT2D eigenvalue weighted by Gasteiger charge is -2.38. The minimum absolute atomic E-state index is 0.0697. The van der Waals surface area contributed by atoms with Gasteiger partial charge in [-0.3, -0.25) is 9.78 Å². The highest BCUT2D eigenvalue weighted by Crippen LogP contribution is 2.29. The summed E-state index contributed by atoms with van der Waals surface area (Å²) in [4.78, 5) is 27.1. The smallest absolute Gasteiger partial charge is 0.256 e. The highest BCUT2D eigenvalue weighted by Gasteiger charge is 2.35. The number of rotatable bonds is 4. The molecule has 1 aliphatic heterocycles. The number of carbonyl (C=O) groups is 1. The van der Waals surface area contributed by atoms with Crippen molar-refractivity contribution in [3.05, 3.63) is 77.9 Å². The Morgan fingerprint density at radius 1 is 1.10 bits per heavy atom. The van der Waals surface area contributed by atoms with Crippen LogP contribution in [0, 0.1) is 11.6 Å². The summed E-state index contributed by atoms with van der Waals surface area (Å²) >= 11 is 0. The number of pyridine rings is 1. The topological polar surface area (TPSA) is 79.2 Å². The van der Waals surface area contributed by atoms with Gasteiger partial charge in [0, 0.05) is 38.0 Å². The molecular weight excluding hydrogens is 390 g/mol. The SMILES string of the molecule is O=C(c1cccnc1-c1ccncn1)N1CCC(O)(Cc2ccc(F)cc2F)CC1. The summed E-state index contributed by atoms with van der Waals surface area (Å²) < 4.78 is 27.1. The van der Waals surface area contributed by atoms with Crippen molar-refractivity contribution in [1.29, 1.82) is 0 Å². The average Bonchev–Trinajstić information content (AvgIpc) is 2.76. The molecule has 4 rings (SSSR count). The van der Waals surface area contributed by atoms with Crippen LogP contribution in [0.15, 0.2) is 55.1 Å². The highest BCUT2D eigenvalue weighted by atomic mass is 19.1. The predicted molar refractivity (Wildman–Crippen MR) is 105 cm³/mol. The minimum atomic E-state index is -1.15. The molecule has 1 saturated heterocycles. The number of benzene rings is 1. The zero-order valence-electron chi connectivity index (χ0n) is 16.1. The summed E-state index contributed by atoms with van der Waals surface area (Å²) in [6, 6.07) is 8.41. The van der Waals surface area contributed by atoms with Crippen LogP contribution in [-0.4, -0.2) is 49.6 Å². The second kappa shape index (κ2) is 8.23. The number of likely N-dealkylation sites (tertiary alicyclic amines) is 1. The third-order valence-corrected chi connectivity index (χ3v) is 5.38. The zero-order chi connectivity index (χ0) is 21.1. The maximum atomic E-state index is 14.0. The van der Waals surface area contributed by atoms with Crippen molar-refractivity contribution in [2.75, 3.05) is 13.1 Å². The normalized spacial score (nSPS) is 15.8. The molecule has 154 valence electrons. The molecule has 1 aromatic carbocycles. The first kappa shape index (κ1) is 20.0. The number of amides is 1. The largest absolute Gasteiger partial charge is 0.389 e. The number of hydrogen-bond donors (Lipinski definition) is 1. The van der Waals surface area contributed by atoms with Crippen LogP contribution in [0.3, 0.4) is 0 Å². The lowest BCUT2D eigenvalue weighted by Crippen LogP contribution is -2.48. The Morgan fingerprint density at radius 2 is 1.90 bits per heavy atom. The second-order valence-corrected chi connectivity index (χ2v) is 7.42. The molecule has 8 heteroatoms. The van der Waals surface area contributed by atoms with E-state index in [0.717, 1.165) is 6.07 Å². The van der Waals surface area contributed by atoms with Crippen molar-refractivity contribution in [3.8, 4) is 11.4 Å². The molecule has 0 unspecified atom stereocenters. The van der Waals surface area contributed by atoms with E-state index < -0.39 is 17.2 Å². The van der Waals surface area contributed by atoms with E-state index in [1.807, 2.05) is 0 Å². The Labute approximate surface area is 172 Å². The van der Waals surface area contributed by atoms with E-state index in [1.165, 1.54) is 18.5 Å². The third-order valence-electron chi connectivity index (χ3n) is 5.38. The number of halogens is 2. The van der Waals surface area contributed by atoms with Crippen LogP contribution in [0.2, 0.25) is 0 Å². The molecule has 0 aliphatic carbocycles. The molecule has 1 aliphatic rings. The van der Waals surface area contributed by atoms with E-state index in [2.05, 4.69) is 15.0 Å². The molecule has 0 spiro atoms. The standard InChI is InChI=1S/C22H20F2N4O2/c23-16-4-3-15(18(24)12-16)13-22(30)6-10-28(11-7-22)21(29)17-2-1-8-26-20(17)19-5-9-25-14-27-19/h1-5,8-9,12,14,30H,6-7,10-11,13H2. The molecular formula is C22H20F2N4O2. The molecule has 30 heavy (non-hydrogen) atoms. The molecule has 0 bridgehead atoms. The first-order valence-corrected chi connectivity index (χ1v) is 9.62. The van der Waals surface area contributed by atoms with Crippen LogP contribution in [0.25, 0.3) is 11.4 Å². The molecule has 3 heterocycles. The Hall–Kier alpha value is -3.26. The van der Waals surface area contributed by atoms with Crippen LogP contribution in [0.4, 0.5) is 8.78 Å². The molecule has 1 amide bonds. The van der Waals surface area contributed by atoms with E-state index in [-0.39, 0.29) is 17.9 Å². The molecule has 6 nitrogen and oxygen atoms in total. The van der Waals surface area contributed by atoms with Crippen LogP contribution in [0.5, 0.6) is 0 Å². The van der Waals surface area contributed by atoms with Gasteiger partial charge in [0.1, 0.15) is 23.7 Å². The number of aliphatic hydroxyl groups is 1. The molecule has 0 atom stereocenters. The maximum Gasteiger partial charge on any atom is 0.256 e. The second-order valence-electron chi connectivity index (χ2n) is 7.42. The number of aromatic nitrogens is 3. The van der Waals surface area contributed by atoms with E-state index in [9.17, 15) is 18.7 Å². The van der Waals surface area contributed by atoms with Gasteiger partial charge >= 0.3 is 0 Å². The summed E-state index contributed by atoms with van der Waals surface area (Å²) in [5.74, 6) is -1.53.